The van der Waals surface area contributed by atoms with Crippen LogP contribution in [0, 0.1) is 0 Å². The van der Waals surface area contributed by atoms with Gasteiger partial charge in [0.05, 0.1) is 12.2 Å². The number of ether oxygens (including phenoxy) is 2. The number of pyridine rings is 1. The van der Waals surface area contributed by atoms with Crippen LogP contribution in [0.1, 0.15) is 30.4 Å². The van der Waals surface area contributed by atoms with Gasteiger partial charge in [0.2, 0.25) is 5.91 Å². The Bertz CT molecular complexity index is 897. The van der Waals surface area contributed by atoms with Crippen molar-refractivity contribution < 1.29 is 19.1 Å². The first-order chi connectivity index (χ1) is 14.0. The molecule has 0 radical (unpaired) electrons. The fourth-order valence-electron chi connectivity index (χ4n) is 3.42. The lowest BCUT2D eigenvalue weighted by Gasteiger charge is -2.34. The third-order valence-electron chi connectivity index (χ3n) is 4.95. The zero-order valence-corrected chi connectivity index (χ0v) is 17.2. The molecular formula is C22H23ClN2O4. The minimum Gasteiger partial charge on any atom is -0.457 e. The molecule has 1 amide bonds. The van der Waals surface area contributed by atoms with Gasteiger partial charge in [-0.1, -0.05) is 23.7 Å². The predicted octanol–water partition coefficient (Wildman–Crippen LogP) is 3.71. The molecule has 7 heteroatoms. The maximum Gasteiger partial charge on any atom is 0.336 e. The van der Waals surface area contributed by atoms with E-state index in [9.17, 15) is 9.59 Å². The van der Waals surface area contributed by atoms with Crippen molar-refractivity contribution >= 4 is 23.5 Å². The summed E-state index contributed by atoms with van der Waals surface area (Å²) in [5.41, 5.74) is 2.78. The first-order valence-corrected chi connectivity index (χ1v) is 9.70. The molecule has 29 heavy (non-hydrogen) atoms. The lowest BCUT2D eigenvalue weighted by molar-refractivity contribution is -0.141. The zero-order valence-electron chi connectivity index (χ0n) is 16.4. The number of carbonyl (C=O) groups excluding carboxylic acids is 2. The Balaban J connectivity index is 1.92. The average molecular weight is 415 g/mol. The third kappa shape index (κ3) is 5.02. The second kappa shape index (κ2) is 9.67. The second-order valence-electron chi connectivity index (χ2n) is 6.78. The number of allylic oxidation sites excluding steroid dienone is 1. The predicted molar refractivity (Wildman–Crippen MR) is 109 cm³/mol. The van der Waals surface area contributed by atoms with Crippen molar-refractivity contribution in [2.24, 2.45) is 0 Å². The van der Waals surface area contributed by atoms with E-state index in [1.165, 1.54) is 0 Å². The normalized spacial score (nSPS) is 16.9. The molecule has 0 saturated heterocycles. The van der Waals surface area contributed by atoms with Gasteiger partial charge in [0.1, 0.15) is 6.61 Å². The van der Waals surface area contributed by atoms with E-state index in [1.807, 2.05) is 12.1 Å². The molecule has 0 bridgehead atoms. The van der Waals surface area contributed by atoms with Crippen molar-refractivity contribution in [1.29, 1.82) is 0 Å². The maximum atomic E-state index is 13.1. The molecule has 0 aliphatic carbocycles. The lowest BCUT2D eigenvalue weighted by Crippen LogP contribution is -2.40. The summed E-state index contributed by atoms with van der Waals surface area (Å²) in [7, 11) is 1.58. The smallest absolute Gasteiger partial charge is 0.336 e. The fourth-order valence-corrected chi connectivity index (χ4v) is 3.55. The Morgan fingerprint density at radius 2 is 1.90 bits per heavy atom. The summed E-state index contributed by atoms with van der Waals surface area (Å²) >= 11 is 6.01. The monoisotopic (exact) mass is 414 g/mol. The number of aromatic nitrogens is 1. The van der Waals surface area contributed by atoms with Crippen LogP contribution in [0.4, 0.5) is 0 Å². The van der Waals surface area contributed by atoms with Gasteiger partial charge < -0.3 is 14.4 Å². The highest BCUT2D eigenvalue weighted by atomic mass is 35.5. The average Bonchev–Trinajstić information content (AvgIpc) is 2.73. The standard InChI is InChI=1S/C22H23ClN2O4/c1-15-21(22(27)29-14-16-7-9-24-10-8-16)19(17-3-5-18(23)6-4-17)13-20(26)25(15)11-12-28-2/h3-10,19H,11-14H2,1-2H3. The molecule has 152 valence electrons. The number of carbonyl (C=O) groups is 2. The molecule has 3 rings (SSSR count). The molecule has 6 nitrogen and oxygen atoms in total. The van der Waals surface area contributed by atoms with E-state index in [-0.39, 0.29) is 24.9 Å². The van der Waals surface area contributed by atoms with Gasteiger partial charge in [-0.05, 0) is 42.3 Å². The van der Waals surface area contributed by atoms with Crippen LogP contribution < -0.4 is 0 Å². The van der Waals surface area contributed by atoms with E-state index < -0.39 is 5.97 Å². The zero-order chi connectivity index (χ0) is 20.8. The number of rotatable bonds is 7. The van der Waals surface area contributed by atoms with Gasteiger partial charge in [-0.25, -0.2) is 4.79 Å². The first kappa shape index (κ1) is 21.0. The van der Waals surface area contributed by atoms with E-state index in [0.29, 0.717) is 29.4 Å². The highest BCUT2D eigenvalue weighted by Crippen LogP contribution is 2.37. The molecule has 0 fully saturated rings. The number of nitrogens with zero attached hydrogens (tertiary/aromatic N) is 2. The molecule has 0 spiro atoms. The van der Waals surface area contributed by atoms with Crippen LogP contribution >= 0.6 is 11.6 Å². The topological polar surface area (TPSA) is 68.7 Å². The summed E-state index contributed by atoms with van der Waals surface area (Å²) < 4.78 is 10.7. The summed E-state index contributed by atoms with van der Waals surface area (Å²) in [6.07, 6.45) is 3.48. The molecular weight excluding hydrogens is 392 g/mol. The number of hydrogen-bond acceptors (Lipinski definition) is 5. The van der Waals surface area contributed by atoms with E-state index in [4.69, 9.17) is 21.1 Å². The van der Waals surface area contributed by atoms with Gasteiger partial charge in [0.25, 0.3) is 0 Å². The largest absolute Gasteiger partial charge is 0.457 e. The van der Waals surface area contributed by atoms with Crippen molar-refractivity contribution in [3.63, 3.8) is 0 Å². The van der Waals surface area contributed by atoms with E-state index in [0.717, 1.165) is 11.1 Å². The number of halogens is 1. The molecule has 2 heterocycles. The summed E-state index contributed by atoms with van der Waals surface area (Å²) in [6, 6.07) is 10.8. The van der Waals surface area contributed by atoms with Crippen LogP contribution in [-0.2, 0) is 25.7 Å². The van der Waals surface area contributed by atoms with Crippen molar-refractivity contribution in [3.8, 4) is 0 Å². The molecule has 0 saturated carbocycles. The van der Waals surface area contributed by atoms with Gasteiger partial charge >= 0.3 is 5.97 Å². The van der Waals surface area contributed by atoms with Crippen LogP contribution in [0.3, 0.4) is 0 Å². The third-order valence-corrected chi connectivity index (χ3v) is 5.21. The summed E-state index contributed by atoms with van der Waals surface area (Å²) in [5.74, 6) is -0.872. The Morgan fingerprint density at radius 1 is 1.21 bits per heavy atom. The molecule has 1 aliphatic heterocycles. The maximum absolute atomic E-state index is 13.1. The van der Waals surface area contributed by atoms with Crippen molar-refractivity contribution in [2.75, 3.05) is 20.3 Å². The van der Waals surface area contributed by atoms with Crippen LogP contribution in [0.15, 0.2) is 60.1 Å². The fraction of sp³-hybridized carbons (Fsp3) is 0.318. The van der Waals surface area contributed by atoms with Gasteiger partial charge in [-0.3, -0.25) is 9.78 Å². The van der Waals surface area contributed by atoms with Gasteiger partial charge in [0.15, 0.2) is 0 Å². The Morgan fingerprint density at radius 3 is 2.55 bits per heavy atom. The van der Waals surface area contributed by atoms with Crippen LogP contribution in [0.5, 0.6) is 0 Å². The van der Waals surface area contributed by atoms with Crippen molar-refractivity contribution in [2.45, 2.75) is 25.9 Å². The van der Waals surface area contributed by atoms with Crippen LogP contribution in [0.25, 0.3) is 0 Å². The molecule has 2 aromatic rings. The summed E-state index contributed by atoms with van der Waals surface area (Å²) in [6.45, 7) is 2.68. The summed E-state index contributed by atoms with van der Waals surface area (Å²) in [5, 5.41) is 0.597. The van der Waals surface area contributed by atoms with Crippen molar-refractivity contribution in [1.82, 2.24) is 9.88 Å². The molecule has 0 N–H and O–H groups in total. The minimum absolute atomic E-state index is 0.0508. The van der Waals surface area contributed by atoms with Crippen molar-refractivity contribution in [3.05, 3.63) is 76.2 Å². The molecule has 1 aromatic carbocycles. The van der Waals surface area contributed by atoms with Gasteiger partial charge in [-0.2, -0.15) is 0 Å². The van der Waals surface area contributed by atoms with Gasteiger partial charge in [-0.15, -0.1) is 0 Å². The molecule has 1 aliphatic rings. The molecule has 1 atom stereocenters. The number of amides is 1. The van der Waals surface area contributed by atoms with Crippen LogP contribution in [-0.4, -0.2) is 42.0 Å². The number of methoxy groups -OCH3 is 1. The van der Waals surface area contributed by atoms with Gasteiger partial charge in [0, 0.05) is 49.1 Å². The number of esters is 1. The summed E-state index contributed by atoms with van der Waals surface area (Å²) in [4.78, 5) is 31.4. The lowest BCUT2D eigenvalue weighted by atomic mass is 9.83. The number of benzene rings is 1. The highest BCUT2D eigenvalue weighted by Gasteiger charge is 2.36. The minimum atomic E-state index is -0.436. The Hall–Kier alpha value is -2.70. The molecule has 1 aromatic heterocycles. The van der Waals surface area contributed by atoms with E-state index in [2.05, 4.69) is 4.98 Å². The Labute approximate surface area is 175 Å². The van der Waals surface area contributed by atoms with E-state index in [1.54, 1.807) is 55.6 Å². The number of hydrogen-bond donors (Lipinski definition) is 0. The Kier molecular flexibility index (Phi) is 7.01. The molecule has 1 unspecified atom stereocenters. The SMILES string of the molecule is COCCN1C(=O)CC(c2ccc(Cl)cc2)C(C(=O)OCc2ccncc2)=C1C. The second-order valence-corrected chi connectivity index (χ2v) is 7.21. The quantitative estimate of drug-likeness (QED) is 0.646. The van der Waals surface area contributed by atoms with Crippen LogP contribution in [0.2, 0.25) is 5.02 Å². The first-order valence-electron chi connectivity index (χ1n) is 9.32. The van der Waals surface area contributed by atoms with E-state index >= 15 is 0 Å². The highest BCUT2D eigenvalue weighted by molar-refractivity contribution is 6.30.